The molecule has 0 amide bonds. The fourth-order valence-electron chi connectivity index (χ4n) is 5.17. The lowest BCUT2D eigenvalue weighted by atomic mass is 9.83. The maximum absolute atomic E-state index is 14.0. The zero-order valence-electron chi connectivity index (χ0n) is 20.5. The molecule has 2 aliphatic rings. The van der Waals surface area contributed by atoms with Crippen molar-refractivity contribution in [2.75, 3.05) is 14.2 Å². The van der Waals surface area contributed by atoms with Crippen LogP contribution >= 0.6 is 56.5 Å². The van der Waals surface area contributed by atoms with Gasteiger partial charge in [-0.05, 0) is 111 Å². The van der Waals surface area contributed by atoms with Crippen molar-refractivity contribution in [1.82, 2.24) is 4.57 Å². The highest BCUT2D eigenvalue weighted by molar-refractivity contribution is 14.1. The monoisotopic (exact) mass is 748 g/mol. The van der Waals surface area contributed by atoms with Crippen LogP contribution in [0.5, 0.6) is 17.2 Å². The summed E-state index contributed by atoms with van der Waals surface area (Å²) in [4.78, 5) is 19.8. The number of thiazole rings is 1. The number of hydrogen-bond acceptors (Lipinski definition) is 6. The van der Waals surface area contributed by atoms with E-state index in [1.54, 1.807) is 18.8 Å². The highest BCUT2D eigenvalue weighted by atomic mass is 127. The molecule has 1 aliphatic heterocycles. The number of allylic oxidation sites excluding steroid dienone is 1. The molecule has 0 fully saturated rings. The second-order valence-corrected chi connectivity index (χ2v) is 12.4. The molecule has 0 radical (unpaired) electrons. The summed E-state index contributed by atoms with van der Waals surface area (Å²) in [6.45, 7) is 0. The van der Waals surface area contributed by atoms with Crippen LogP contribution in [0.3, 0.4) is 0 Å². The van der Waals surface area contributed by atoms with Crippen LogP contribution in [-0.4, -0.2) is 23.9 Å². The smallest absolute Gasteiger partial charge is 0.271 e. The zero-order valence-corrected chi connectivity index (χ0v) is 25.6. The molecule has 6 nitrogen and oxygen atoms in total. The van der Waals surface area contributed by atoms with E-state index in [2.05, 4.69) is 63.4 Å². The van der Waals surface area contributed by atoms with E-state index >= 15 is 0 Å². The van der Waals surface area contributed by atoms with Gasteiger partial charge in [-0.1, -0.05) is 35.6 Å². The van der Waals surface area contributed by atoms with E-state index in [0.717, 1.165) is 47.9 Å². The predicted molar refractivity (Wildman–Crippen MR) is 166 cm³/mol. The number of phenols is 1. The minimum atomic E-state index is -0.373. The third kappa shape index (κ3) is 4.28. The molecule has 0 saturated heterocycles. The fraction of sp³-hybridized carbons (Fsp3) is 0.172. The highest BCUT2D eigenvalue weighted by Gasteiger charge is 2.34. The number of ether oxygens (including phenoxy) is 2. The van der Waals surface area contributed by atoms with Crippen molar-refractivity contribution in [2.24, 2.45) is 4.99 Å². The number of halogens is 2. The SMILES string of the molecule is COc1ccc(OC)c(C2C3=C(N=c4sc(=Cc5cc(I)c(O)c(I)c5)c(=O)n42)c2ccccc2CC3)c1. The van der Waals surface area contributed by atoms with E-state index in [0.29, 0.717) is 20.8 Å². The van der Waals surface area contributed by atoms with Crippen LogP contribution in [0.4, 0.5) is 0 Å². The van der Waals surface area contributed by atoms with Gasteiger partial charge in [0.2, 0.25) is 0 Å². The maximum Gasteiger partial charge on any atom is 0.271 e. The maximum atomic E-state index is 14.0. The molecule has 192 valence electrons. The van der Waals surface area contributed by atoms with E-state index in [4.69, 9.17) is 14.5 Å². The Morgan fingerprint density at radius 1 is 1.05 bits per heavy atom. The first-order chi connectivity index (χ1) is 18.4. The van der Waals surface area contributed by atoms with Crippen LogP contribution in [0.25, 0.3) is 11.8 Å². The van der Waals surface area contributed by atoms with Gasteiger partial charge in [0.25, 0.3) is 5.56 Å². The molecular weight excluding hydrogens is 726 g/mol. The quantitative estimate of drug-likeness (QED) is 0.290. The van der Waals surface area contributed by atoms with Crippen molar-refractivity contribution in [2.45, 2.75) is 18.9 Å². The van der Waals surface area contributed by atoms with E-state index in [1.807, 2.05) is 42.5 Å². The third-order valence-electron chi connectivity index (χ3n) is 6.94. The summed E-state index contributed by atoms with van der Waals surface area (Å²) >= 11 is 5.59. The molecule has 0 bridgehead atoms. The predicted octanol–water partition coefficient (Wildman–Crippen LogP) is 5.25. The Kier molecular flexibility index (Phi) is 6.85. The van der Waals surface area contributed by atoms with Gasteiger partial charge in [-0.25, -0.2) is 4.99 Å². The lowest BCUT2D eigenvalue weighted by Gasteiger charge is -2.31. The van der Waals surface area contributed by atoms with Crippen LogP contribution in [0.15, 0.2) is 70.0 Å². The van der Waals surface area contributed by atoms with Gasteiger partial charge in [0.05, 0.1) is 37.6 Å². The highest BCUT2D eigenvalue weighted by Crippen LogP contribution is 2.44. The lowest BCUT2D eigenvalue weighted by Crippen LogP contribution is -2.39. The third-order valence-corrected chi connectivity index (χ3v) is 9.57. The number of aromatic hydroxyl groups is 1. The second kappa shape index (κ2) is 10.2. The van der Waals surface area contributed by atoms with Crippen molar-refractivity contribution in [3.8, 4) is 17.2 Å². The summed E-state index contributed by atoms with van der Waals surface area (Å²) in [6, 6.07) is 17.5. The molecule has 3 aromatic carbocycles. The fourth-order valence-corrected chi connectivity index (χ4v) is 7.99. The minimum Gasteiger partial charge on any atom is -0.506 e. The molecule has 1 aliphatic carbocycles. The molecule has 1 aromatic heterocycles. The van der Waals surface area contributed by atoms with Crippen LogP contribution in [-0.2, 0) is 6.42 Å². The number of nitrogens with zero attached hydrogens (tertiary/aromatic N) is 2. The van der Waals surface area contributed by atoms with Gasteiger partial charge in [0.15, 0.2) is 4.80 Å². The topological polar surface area (TPSA) is 73.1 Å². The van der Waals surface area contributed by atoms with Crippen molar-refractivity contribution in [3.63, 3.8) is 0 Å². The standard InChI is InChI=1S/C29H22I2N2O4S/c1-36-17-8-10-23(37-2)20(14-17)26-19-9-7-16-5-3-4-6-18(16)25(19)32-29-33(26)28(35)24(38-29)13-15-11-21(30)27(34)22(31)12-15/h3-6,8,10-14,26,34H,7,9H2,1-2H3. The number of phenolic OH excluding ortho intramolecular Hbond substituents is 1. The summed E-state index contributed by atoms with van der Waals surface area (Å²) in [5, 5.41) is 10.2. The van der Waals surface area contributed by atoms with Gasteiger partial charge < -0.3 is 14.6 Å². The lowest BCUT2D eigenvalue weighted by molar-refractivity contribution is 0.392. The summed E-state index contributed by atoms with van der Waals surface area (Å²) in [5.74, 6) is 1.65. The minimum absolute atomic E-state index is 0.105. The van der Waals surface area contributed by atoms with Gasteiger partial charge in [-0.2, -0.15) is 0 Å². The second-order valence-electron chi connectivity index (χ2n) is 9.05. The molecule has 0 spiro atoms. The van der Waals surface area contributed by atoms with Crippen LogP contribution in [0.1, 0.15) is 34.7 Å². The number of fused-ring (bicyclic) bond motifs is 3. The van der Waals surface area contributed by atoms with Crippen molar-refractivity contribution in [1.29, 1.82) is 0 Å². The molecule has 9 heteroatoms. The molecular formula is C29H22I2N2O4S. The molecule has 2 heterocycles. The number of rotatable bonds is 4. The summed E-state index contributed by atoms with van der Waals surface area (Å²) < 4.78 is 15.2. The van der Waals surface area contributed by atoms with Gasteiger partial charge >= 0.3 is 0 Å². The van der Waals surface area contributed by atoms with Crippen LogP contribution in [0, 0.1) is 7.14 Å². The molecule has 1 atom stereocenters. The molecule has 4 aromatic rings. The Morgan fingerprint density at radius 3 is 2.55 bits per heavy atom. The van der Waals surface area contributed by atoms with Crippen molar-refractivity contribution >= 4 is 68.3 Å². The van der Waals surface area contributed by atoms with Crippen LogP contribution in [0.2, 0.25) is 0 Å². The number of hydrogen-bond donors (Lipinski definition) is 1. The molecule has 1 unspecified atom stereocenters. The van der Waals surface area contributed by atoms with E-state index in [9.17, 15) is 9.90 Å². The van der Waals surface area contributed by atoms with Gasteiger partial charge in [-0.3, -0.25) is 9.36 Å². The van der Waals surface area contributed by atoms with Crippen molar-refractivity contribution in [3.05, 3.63) is 109 Å². The summed E-state index contributed by atoms with van der Waals surface area (Å²) in [5.41, 5.74) is 6.03. The number of aromatic nitrogens is 1. The first-order valence-corrected chi connectivity index (χ1v) is 14.9. The Bertz CT molecular complexity index is 1800. The molecule has 38 heavy (non-hydrogen) atoms. The average Bonchev–Trinajstić information content (AvgIpc) is 3.24. The van der Waals surface area contributed by atoms with E-state index in [-0.39, 0.29) is 17.4 Å². The molecule has 6 rings (SSSR count). The Hall–Kier alpha value is -2.64. The average molecular weight is 748 g/mol. The summed E-state index contributed by atoms with van der Waals surface area (Å²) in [6.07, 6.45) is 3.55. The normalized spacial score (nSPS) is 16.4. The van der Waals surface area contributed by atoms with Crippen LogP contribution < -0.4 is 24.4 Å². The summed E-state index contributed by atoms with van der Waals surface area (Å²) in [7, 11) is 3.29. The Balaban J connectivity index is 1.65. The largest absolute Gasteiger partial charge is 0.506 e. The van der Waals surface area contributed by atoms with Gasteiger partial charge in [-0.15, -0.1) is 0 Å². The van der Waals surface area contributed by atoms with Gasteiger partial charge in [0, 0.05) is 11.1 Å². The first kappa shape index (κ1) is 25.6. The Labute approximate surface area is 250 Å². The number of methoxy groups -OCH3 is 2. The van der Waals surface area contributed by atoms with Gasteiger partial charge in [0.1, 0.15) is 17.2 Å². The zero-order chi connectivity index (χ0) is 26.6. The van der Waals surface area contributed by atoms with E-state index < -0.39 is 0 Å². The number of benzene rings is 3. The Morgan fingerprint density at radius 2 is 1.82 bits per heavy atom. The van der Waals surface area contributed by atoms with Crippen molar-refractivity contribution < 1.29 is 14.6 Å². The molecule has 0 saturated carbocycles. The van der Waals surface area contributed by atoms with E-state index in [1.165, 1.54) is 16.9 Å². The molecule has 1 N–H and O–H groups in total. The first-order valence-electron chi connectivity index (χ1n) is 11.9. The number of aryl methyl sites for hydroxylation is 1.